The number of para-hydroxylation sites is 1. The number of hydrogen-bond donors (Lipinski definition) is 1. The summed E-state index contributed by atoms with van der Waals surface area (Å²) in [4.78, 5) is 28.8. The molecule has 4 aromatic rings. The Morgan fingerprint density at radius 2 is 1.79 bits per heavy atom. The van der Waals surface area contributed by atoms with Gasteiger partial charge in [-0.2, -0.15) is 0 Å². The lowest BCUT2D eigenvalue weighted by atomic mass is 10.0. The number of nitrogens with one attached hydrogen (secondary N) is 1. The Morgan fingerprint density at radius 1 is 1.03 bits per heavy atom. The van der Waals surface area contributed by atoms with Gasteiger partial charge in [0.2, 0.25) is 11.8 Å². The van der Waals surface area contributed by atoms with Gasteiger partial charge in [0.05, 0.1) is 12.1 Å². The van der Waals surface area contributed by atoms with E-state index in [-0.39, 0.29) is 18.4 Å². The quantitative estimate of drug-likeness (QED) is 0.390. The number of aromatic nitrogens is 3. The van der Waals surface area contributed by atoms with Crippen LogP contribution in [0.5, 0.6) is 0 Å². The first kappa shape index (κ1) is 23.1. The van der Waals surface area contributed by atoms with Gasteiger partial charge in [0, 0.05) is 19.3 Å². The van der Waals surface area contributed by atoms with Crippen molar-refractivity contribution in [1.82, 2.24) is 20.3 Å². The Kier molecular flexibility index (Phi) is 7.29. The molecule has 0 bridgehead atoms. The fraction of sp³-hybridized carbons (Fsp3) is 0.231. The van der Waals surface area contributed by atoms with Crippen LogP contribution in [0, 0.1) is 6.92 Å². The average Bonchev–Trinajstić information content (AvgIpc) is 3.25. The van der Waals surface area contributed by atoms with Gasteiger partial charge in [0.15, 0.2) is 0 Å². The lowest BCUT2D eigenvalue weighted by Gasteiger charge is -2.31. The maximum atomic E-state index is 13.8. The number of amides is 2. The molecule has 0 aliphatic carbocycles. The number of carbonyl (C=O) groups excluding carboxylic acids is 2. The second kappa shape index (κ2) is 10.7. The summed E-state index contributed by atoms with van der Waals surface area (Å²) in [6.07, 6.45) is 0. The first-order valence-corrected chi connectivity index (χ1v) is 11.1. The van der Waals surface area contributed by atoms with Crippen LogP contribution in [0.4, 0.5) is 5.69 Å². The Bertz CT molecular complexity index is 1270. The van der Waals surface area contributed by atoms with Crippen LogP contribution >= 0.6 is 0 Å². The number of rotatable bonds is 9. The predicted molar refractivity (Wildman–Crippen MR) is 130 cm³/mol. The normalized spacial score (nSPS) is 11.8. The number of hydrogen-bond acceptors (Lipinski definition) is 5. The molecule has 0 spiro atoms. The van der Waals surface area contributed by atoms with E-state index in [1.165, 1.54) is 0 Å². The molecular weight excluding hydrogens is 430 g/mol. The van der Waals surface area contributed by atoms with Gasteiger partial charge in [-0.15, -0.1) is 5.10 Å². The molecule has 1 heterocycles. The highest BCUT2D eigenvalue weighted by Crippen LogP contribution is 2.29. The third-order valence-corrected chi connectivity index (χ3v) is 5.48. The van der Waals surface area contributed by atoms with Gasteiger partial charge in [0.25, 0.3) is 0 Å². The summed E-state index contributed by atoms with van der Waals surface area (Å²) in [6, 6.07) is 23.4. The number of carbonyl (C=O) groups is 2. The maximum Gasteiger partial charge on any atom is 0.249 e. The van der Waals surface area contributed by atoms with Gasteiger partial charge in [0.1, 0.15) is 18.1 Å². The van der Waals surface area contributed by atoms with Crippen LogP contribution in [0.3, 0.4) is 0 Å². The lowest BCUT2D eigenvalue weighted by Crippen LogP contribution is -2.46. The molecule has 174 valence electrons. The summed E-state index contributed by atoms with van der Waals surface area (Å²) in [6.45, 7) is 2.59. The minimum atomic E-state index is -0.873. The standard InChI is InChI=1S/C26H27N5O3/c1-19-9-8-12-21(17-19)31(24(32)18-30-23-14-7-6-13-22(23)28-29-30)25(20-10-4-3-5-11-20)26(33)27-15-16-34-2/h3-14,17,25H,15-16,18H2,1-2H3,(H,27,33). The van der Waals surface area contributed by atoms with E-state index in [0.717, 1.165) is 11.1 Å². The van der Waals surface area contributed by atoms with Gasteiger partial charge in [-0.1, -0.05) is 59.8 Å². The summed E-state index contributed by atoms with van der Waals surface area (Å²) < 4.78 is 6.64. The van der Waals surface area contributed by atoms with Crippen LogP contribution < -0.4 is 10.2 Å². The van der Waals surface area contributed by atoms with Crippen molar-refractivity contribution in [2.45, 2.75) is 19.5 Å². The molecule has 1 atom stereocenters. The summed E-state index contributed by atoms with van der Waals surface area (Å²) in [5.41, 5.74) is 3.77. The SMILES string of the molecule is COCCNC(=O)C(c1ccccc1)N(C(=O)Cn1nnc2ccccc21)c1cccc(C)c1. The smallest absolute Gasteiger partial charge is 0.249 e. The van der Waals surface area contributed by atoms with Crippen LogP contribution in [0.15, 0.2) is 78.9 Å². The molecule has 1 N–H and O–H groups in total. The zero-order valence-corrected chi connectivity index (χ0v) is 19.2. The number of aryl methyl sites for hydroxylation is 1. The van der Waals surface area contributed by atoms with Gasteiger partial charge in [-0.3, -0.25) is 14.5 Å². The lowest BCUT2D eigenvalue weighted by molar-refractivity contribution is -0.127. The van der Waals surface area contributed by atoms with Crippen LogP contribution in [0.25, 0.3) is 11.0 Å². The first-order chi connectivity index (χ1) is 16.6. The summed E-state index contributed by atoms with van der Waals surface area (Å²) >= 11 is 0. The first-order valence-electron chi connectivity index (χ1n) is 11.1. The summed E-state index contributed by atoms with van der Waals surface area (Å²) in [5, 5.41) is 11.2. The zero-order valence-electron chi connectivity index (χ0n) is 19.2. The van der Waals surface area contributed by atoms with Gasteiger partial charge < -0.3 is 10.1 Å². The van der Waals surface area contributed by atoms with E-state index in [4.69, 9.17) is 4.74 Å². The molecule has 4 rings (SSSR count). The number of anilines is 1. The Hall–Kier alpha value is -4.04. The van der Waals surface area contributed by atoms with E-state index >= 15 is 0 Å². The molecule has 1 unspecified atom stereocenters. The van der Waals surface area contributed by atoms with Crippen molar-refractivity contribution in [3.63, 3.8) is 0 Å². The van der Waals surface area contributed by atoms with E-state index < -0.39 is 6.04 Å². The monoisotopic (exact) mass is 457 g/mol. The number of methoxy groups -OCH3 is 1. The number of nitrogens with zero attached hydrogens (tertiary/aromatic N) is 4. The summed E-state index contributed by atoms with van der Waals surface area (Å²) in [5.74, 6) is -0.571. The fourth-order valence-electron chi connectivity index (χ4n) is 3.88. The fourth-order valence-corrected chi connectivity index (χ4v) is 3.88. The molecule has 0 aliphatic heterocycles. The third-order valence-electron chi connectivity index (χ3n) is 5.48. The maximum absolute atomic E-state index is 13.8. The molecule has 0 radical (unpaired) electrons. The zero-order chi connectivity index (χ0) is 23.9. The molecule has 0 saturated heterocycles. The molecule has 2 amide bonds. The minimum Gasteiger partial charge on any atom is -0.383 e. The molecular formula is C26H27N5O3. The van der Waals surface area contributed by atoms with Crippen molar-refractivity contribution >= 4 is 28.5 Å². The Morgan fingerprint density at radius 3 is 2.56 bits per heavy atom. The molecule has 8 nitrogen and oxygen atoms in total. The molecule has 34 heavy (non-hydrogen) atoms. The third kappa shape index (κ3) is 5.13. The van der Waals surface area contributed by atoms with Crippen molar-refractivity contribution in [2.75, 3.05) is 25.2 Å². The number of fused-ring (bicyclic) bond motifs is 1. The van der Waals surface area contributed by atoms with E-state index in [2.05, 4.69) is 15.6 Å². The van der Waals surface area contributed by atoms with E-state index in [1.807, 2.05) is 85.8 Å². The van der Waals surface area contributed by atoms with E-state index in [1.54, 1.807) is 16.7 Å². The molecule has 0 fully saturated rings. The Labute approximate surface area is 198 Å². The Balaban J connectivity index is 1.76. The second-order valence-corrected chi connectivity index (χ2v) is 7.94. The van der Waals surface area contributed by atoms with E-state index in [0.29, 0.717) is 29.9 Å². The number of benzene rings is 3. The van der Waals surface area contributed by atoms with Crippen LogP contribution in [0.1, 0.15) is 17.2 Å². The highest BCUT2D eigenvalue weighted by Gasteiger charge is 2.33. The molecule has 8 heteroatoms. The summed E-state index contributed by atoms with van der Waals surface area (Å²) in [7, 11) is 1.58. The van der Waals surface area contributed by atoms with E-state index in [9.17, 15) is 9.59 Å². The van der Waals surface area contributed by atoms with Crippen molar-refractivity contribution in [3.05, 3.63) is 90.0 Å². The highest BCUT2D eigenvalue weighted by molar-refractivity contribution is 6.01. The second-order valence-electron chi connectivity index (χ2n) is 7.94. The van der Waals surface area contributed by atoms with Crippen molar-refractivity contribution in [2.24, 2.45) is 0 Å². The van der Waals surface area contributed by atoms with Crippen molar-refractivity contribution in [3.8, 4) is 0 Å². The number of ether oxygens (including phenoxy) is 1. The highest BCUT2D eigenvalue weighted by atomic mass is 16.5. The molecule has 1 aromatic heterocycles. The van der Waals surface area contributed by atoms with Crippen LogP contribution in [0.2, 0.25) is 0 Å². The van der Waals surface area contributed by atoms with Crippen LogP contribution in [-0.2, 0) is 20.9 Å². The topological polar surface area (TPSA) is 89.4 Å². The minimum absolute atomic E-state index is 0.0663. The van der Waals surface area contributed by atoms with Crippen molar-refractivity contribution in [1.29, 1.82) is 0 Å². The molecule has 0 aliphatic rings. The largest absolute Gasteiger partial charge is 0.383 e. The average molecular weight is 458 g/mol. The molecule has 0 saturated carbocycles. The van der Waals surface area contributed by atoms with Crippen molar-refractivity contribution < 1.29 is 14.3 Å². The molecule has 3 aromatic carbocycles. The van der Waals surface area contributed by atoms with Crippen LogP contribution in [-0.4, -0.2) is 47.1 Å². The van der Waals surface area contributed by atoms with Gasteiger partial charge >= 0.3 is 0 Å². The predicted octanol–water partition coefficient (Wildman–Crippen LogP) is 3.28. The van der Waals surface area contributed by atoms with Gasteiger partial charge in [-0.05, 0) is 42.3 Å². The van der Waals surface area contributed by atoms with Gasteiger partial charge in [-0.25, -0.2) is 4.68 Å².